The smallest absolute Gasteiger partial charge is 0.387 e. The molecule has 2 heterocycles. The number of ether oxygens (including phenoxy) is 1. The summed E-state index contributed by atoms with van der Waals surface area (Å²) in [6.07, 6.45) is 3.06. The summed E-state index contributed by atoms with van der Waals surface area (Å²) in [6.45, 7) is -1.18. The van der Waals surface area contributed by atoms with Crippen molar-refractivity contribution in [3.05, 3.63) is 66.1 Å². The average Bonchev–Trinajstić information content (AvgIpc) is 2.97. The fraction of sp³-hybridized carbons (Fsp3) is 0.118. The molecule has 0 atom stereocenters. The summed E-state index contributed by atoms with van der Waals surface area (Å²) in [5.74, 6) is 0.147. The van der Waals surface area contributed by atoms with Gasteiger partial charge in [-0.15, -0.1) is 0 Å². The normalized spacial score (nSPS) is 10.7. The van der Waals surface area contributed by atoms with Gasteiger partial charge in [0.15, 0.2) is 5.82 Å². The molecule has 2 aromatic heterocycles. The van der Waals surface area contributed by atoms with Crippen LogP contribution in [0.2, 0.25) is 0 Å². The molecule has 6 nitrogen and oxygen atoms in total. The molecule has 3 aromatic rings. The van der Waals surface area contributed by atoms with Gasteiger partial charge in [0, 0.05) is 18.0 Å². The van der Waals surface area contributed by atoms with Gasteiger partial charge in [0.05, 0.1) is 17.5 Å². The molecule has 8 heteroatoms. The van der Waals surface area contributed by atoms with Crippen molar-refractivity contribution < 1.29 is 18.3 Å². The first-order valence-electron chi connectivity index (χ1n) is 7.37. The lowest BCUT2D eigenvalue weighted by Gasteiger charge is -2.08. The molecule has 0 saturated carbocycles. The number of carbonyl (C=O) groups excluding carboxylic acids is 1. The summed E-state index contributed by atoms with van der Waals surface area (Å²) >= 11 is 0. The number of anilines is 1. The van der Waals surface area contributed by atoms with E-state index in [1.54, 1.807) is 36.0 Å². The SMILES string of the molecule is Cc1c(C(=O)Nc2cccc(OC(F)F)c2)cnn1-c1ccccn1. The number of hydrogen-bond acceptors (Lipinski definition) is 4. The molecule has 0 radical (unpaired) electrons. The summed E-state index contributed by atoms with van der Waals surface area (Å²) in [7, 11) is 0. The van der Waals surface area contributed by atoms with E-state index in [4.69, 9.17) is 0 Å². The third-order valence-electron chi connectivity index (χ3n) is 3.44. The Bertz CT molecular complexity index is 881. The molecule has 0 aliphatic rings. The van der Waals surface area contributed by atoms with E-state index in [1.807, 2.05) is 6.07 Å². The van der Waals surface area contributed by atoms with E-state index in [-0.39, 0.29) is 5.75 Å². The predicted molar refractivity (Wildman–Crippen MR) is 87.1 cm³/mol. The van der Waals surface area contributed by atoms with Crippen molar-refractivity contribution in [3.8, 4) is 11.6 Å². The minimum atomic E-state index is -2.93. The van der Waals surface area contributed by atoms with Crippen LogP contribution in [0.4, 0.5) is 14.5 Å². The van der Waals surface area contributed by atoms with Gasteiger partial charge < -0.3 is 10.1 Å². The van der Waals surface area contributed by atoms with Crippen LogP contribution in [-0.4, -0.2) is 27.3 Å². The number of aromatic nitrogens is 3. The molecule has 1 N–H and O–H groups in total. The van der Waals surface area contributed by atoms with Crippen LogP contribution in [0.25, 0.3) is 5.82 Å². The third kappa shape index (κ3) is 3.79. The number of nitrogens with zero attached hydrogens (tertiary/aromatic N) is 3. The van der Waals surface area contributed by atoms with E-state index in [2.05, 4.69) is 20.1 Å². The van der Waals surface area contributed by atoms with Crippen molar-refractivity contribution in [3.63, 3.8) is 0 Å². The highest BCUT2D eigenvalue weighted by molar-refractivity contribution is 6.05. The number of carbonyl (C=O) groups is 1. The molecule has 0 bridgehead atoms. The number of nitrogens with one attached hydrogen (secondary N) is 1. The molecule has 1 amide bonds. The van der Waals surface area contributed by atoms with Crippen molar-refractivity contribution in [2.45, 2.75) is 13.5 Å². The number of halogens is 2. The van der Waals surface area contributed by atoms with Gasteiger partial charge in [0.25, 0.3) is 5.91 Å². The number of pyridine rings is 1. The number of rotatable bonds is 5. The highest BCUT2D eigenvalue weighted by Gasteiger charge is 2.16. The van der Waals surface area contributed by atoms with Gasteiger partial charge in [-0.2, -0.15) is 13.9 Å². The average molecular weight is 344 g/mol. The summed E-state index contributed by atoms with van der Waals surface area (Å²) in [5.41, 5.74) is 1.30. The number of amides is 1. The van der Waals surface area contributed by atoms with Gasteiger partial charge in [-0.3, -0.25) is 4.79 Å². The zero-order chi connectivity index (χ0) is 17.8. The molecule has 0 aliphatic heterocycles. The van der Waals surface area contributed by atoms with E-state index < -0.39 is 12.5 Å². The van der Waals surface area contributed by atoms with Gasteiger partial charge in [0.1, 0.15) is 5.75 Å². The van der Waals surface area contributed by atoms with Crippen LogP contribution < -0.4 is 10.1 Å². The van der Waals surface area contributed by atoms with Crippen LogP contribution in [0.15, 0.2) is 54.9 Å². The lowest BCUT2D eigenvalue weighted by molar-refractivity contribution is -0.0497. The fourth-order valence-corrected chi connectivity index (χ4v) is 2.29. The van der Waals surface area contributed by atoms with Gasteiger partial charge >= 0.3 is 6.61 Å². The van der Waals surface area contributed by atoms with Gasteiger partial charge in [-0.25, -0.2) is 9.67 Å². The highest BCUT2D eigenvalue weighted by atomic mass is 19.3. The van der Waals surface area contributed by atoms with E-state index in [0.717, 1.165) is 0 Å². The summed E-state index contributed by atoms with van der Waals surface area (Å²) in [6, 6.07) is 11.2. The fourth-order valence-electron chi connectivity index (χ4n) is 2.29. The molecule has 25 heavy (non-hydrogen) atoms. The second kappa shape index (κ2) is 7.08. The van der Waals surface area contributed by atoms with Crippen LogP contribution in [0.3, 0.4) is 0 Å². The van der Waals surface area contributed by atoms with Crippen molar-refractivity contribution in [1.29, 1.82) is 0 Å². The van der Waals surface area contributed by atoms with Gasteiger partial charge in [0.2, 0.25) is 0 Å². The number of alkyl halides is 2. The summed E-state index contributed by atoms with van der Waals surface area (Å²) < 4.78 is 30.4. The molecule has 128 valence electrons. The topological polar surface area (TPSA) is 69.0 Å². The standard InChI is InChI=1S/C17H14F2N4O2/c1-11-14(10-21-23(11)15-7-2-3-8-20-15)16(24)22-12-5-4-6-13(9-12)25-17(18)19/h2-10,17H,1H3,(H,22,24). The van der Waals surface area contributed by atoms with Crippen molar-refractivity contribution in [1.82, 2.24) is 14.8 Å². The van der Waals surface area contributed by atoms with Gasteiger partial charge in [-0.1, -0.05) is 12.1 Å². The molecule has 3 rings (SSSR count). The molecule has 0 aliphatic carbocycles. The Hall–Kier alpha value is -3.29. The maximum absolute atomic E-state index is 12.4. The molecular formula is C17H14F2N4O2. The van der Waals surface area contributed by atoms with Crippen LogP contribution in [0, 0.1) is 6.92 Å². The second-order valence-corrected chi connectivity index (χ2v) is 5.10. The molecule has 0 fully saturated rings. The Morgan fingerprint density at radius 2 is 2.08 bits per heavy atom. The Morgan fingerprint density at radius 3 is 2.80 bits per heavy atom. The molecule has 0 spiro atoms. The maximum atomic E-state index is 12.4. The molecular weight excluding hydrogens is 330 g/mol. The first-order valence-corrected chi connectivity index (χ1v) is 7.37. The zero-order valence-electron chi connectivity index (χ0n) is 13.2. The van der Waals surface area contributed by atoms with Crippen molar-refractivity contribution >= 4 is 11.6 Å². The highest BCUT2D eigenvalue weighted by Crippen LogP contribution is 2.20. The summed E-state index contributed by atoms with van der Waals surface area (Å²) in [5, 5.41) is 6.81. The van der Waals surface area contributed by atoms with E-state index in [1.165, 1.54) is 24.4 Å². The van der Waals surface area contributed by atoms with E-state index >= 15 is 0 Å². The lowest BCUT2D eigenvalue weighted by Crippen LogP contribution is -2.13. The van der Waals surface area contributed by atoms with E-state index in [9.17, 15) is 13.6 Å². The van der Waals surface area contributed by atoms with Gasteiger partial charge in [-0.05, 0) is 31.2 Å². The van der Waals surface area contributed by atoms with Crippen LogP contribution >= 0.6 is 0 Å². The number of hydrogen-bond donors (Lipinski definition) is 1. The zero-order valence-corrected chi connectivity index (χ0v) is 13.2. The van der Waals surface area contributed by atoms with Crippen LogP contribution in [0.5, 0.6) is 5.75 Å². The first kappa shape index (κ1) is 16.6. The predicted octanol–water partition coefficient (Wildman–Crippen LogP) is 3.43. The maximum Gasteiger partial charge on any atom is 0.387 e. The molecule has 1 aromatic carbocycles. The van der Waals surface area contributed by atoms with E-state index in [0.29, 0.717) is 22.8 Å². The largest absolute Gasteiger partial charge is 0.435 e. The monoisotopic (exact) mass is 344 g/mol. The number of benzene rings is 1. The Kier molecular flexibility index (Phi) is 4.69. The van der Waals surface area contributed by atoms with Crippen molar-refractivity contribution in [2.24, 2.45) is 0 Å². The minimum absolute atomic E-state index is 0.0336. The molecule has 0 saturated heterocycles. The Labute approximate surface area is 142 Å². The minimum Gasteiger partial charge on any atom is -0.435 e. The Balaban J connectivity index is 1.80. The van der Waals surface area contributed by atoms with Crippen LogP contribution in [-0.2, 0) is 0 Å². The molecule has 0 unspecified atom stereocenters. The quantitative estimate of drug-likeness (QED) is 0.770. The Morgan fingerprint density at radius 1 is 1.24 bits per heavy atom. The second-order valence-electron chi connectivity index (χ2n) is 5.10. The van der Waals surface area contributed by atoms with Crippen molar-refractivity contribution in [2.75, 3.05) is 5.32 Å². The summed E-state index contributed by atoms with van der Waals surface area (Å²) in [4.78, 5) is 16.6. The lowest BCUT2D eigenvalue weighted by atomic mass is 10.2. The third-order valence-corrected chi connectivity index (χ3v) is 3.44. The van der Waals surface area contributed by atoms with Crippen LogP contribution in [0.1, 0.15) is 16.1 Å². The first-order chi connectivity index (χ1) is 12.0.